The fourth-order valence-corrected chi connectivity index (χ4v) is 8.90. The van der Waals surface area contributed by atoms with E-state index < -0.39 is 40.7 Å². The highest BCUT2D eigenvalue weighted by atomic mass is 35.5. The lowest BCUT2D eigenvalue weighted by atomic mass is 9.86. The maximum absolute atomic E-state index is 14.1. The minimum Gasteiger partial charge on any atom is -0.870 e. The number of alkyl halides is 2. The van der Waals surface area contributed by atoms with Gasteiger partial charge in [-0.2, -0.15) is 13.5 Å². The monoisotopic (exact) mass is 877 g/mol. The van der Waals surface area contributed by atoms with Crippen molar-refractivity contribution in [3.63, 3.8) is 0 Å². The molecule has 1 unspecified atom stereocenters. The summed E-state index contributed by atoms with van der Waals surface area (Å²) >= 11 is 13.0. The molecule has 4 aliphatic rings. The van der Waals surface area contributed by atoms with Crippen LogP contribution in [0.3, 0.4) is 0 Å². The number of aromatic nitrogens is 1. The molecule has 1 saturated carbocycles. The summed E-state index contributed by atoms with van der Waals surface area (Å²) in [5.41, 5.74) is 0.923. The third-order valence-electron chi connectivity index (χ3n) is 10.5. The molecule has 59 heavy (non-hydrogen) atoms. The Morgan fingerprint density at radius 1 is 0.932 bits per heavy atom. The molecule has 3 aromatic carbocycles. The van der Waals surface area contributed by atoms with Gasteiger partial charge < -0.3 is 29.2 Å². The second kappa shape index (κ2) is 19.2. The Morgan fingerprint density at radius 2 is 1.66 bits per heavy atom. The van der Waals surface area contributed by atoms with Gasteiger partial charge in [-0.1, -0.05) is 47.5 Å². The number of hydrogen-bond acceptors (Lipinski definition) is 11. The Labute approximate surface area is 350 Å². The third kappa shape index (κ3) is 11.0. The highest BCUT2D eigenvalue weighted by molar-refractivity contribution is 7.89. The van der Waals surface area contributed by atoms with Gasteiger partial charge in [0, 0.05) is 18.5 Å². The zero-order valence-corrected chi connectivity index (χ0v) is 34.2. The maximum atomic E-state index is 14.1. The first-order valence-electron chi connectivity index (χ1n) is 18.8. The number of H-pyrrole nitrogens is 1. The van der Waals surface area contributed by atoms with E-state index in [0.29, 0.717) is 29.0 Å². The van der Waals surface area contributed by atoms with Crippen molar-refractivity contribution in [2.45, 2.75) is 61.9 Å². The van der Waals surface area contributed by atoms with Gasteiger partial charge >= 0.3 is 18.6 Å². The number of esters is 2. The molecular formula is C41H43Cl2F2N3O10S. The molecule has 4 fully saturated rings. The lowest BCUT2D eigenvalue weighted by Crippen LogP contribution is -2.52. The van der Waals surface area contributed by atoms with Crippen LogP contribution in [-0.4, -0.2) is 76.8 Å². The summed E-state index contributed by atoms with van der Waals surface area (Å²) in [4.78, 5) is 32.5. The molecular weight excluding hydrogens is 835 g/mol. The Bertz CT molecular complexity index is 2220. The molecule has 1 aromatic heterocycles. The number of nitrogens with zero attached hydrogens (tertiary/aromatic N) is 1. The second-order valence-electron chi connectivity index (χ2n) is 14.5. The number of ether oxygens (including phenoxy) is 5. The number of aromatic amines is 1. The first-order chi connectivity index (χ1) is 27.9. The molecule has 0 spiro atoms. The van der Waals surface area contributed by atoms with Crippen LogP contribution in [0, 0.1) is 11.8 Å². The Hall–Kier alpha value is -4.58. The number of benzene rings is 3. The molecule has 3 atom stereocenters. The first kappa shape index (κ1) is 44.0. The van der Waals surface area contributed by atoms with Gasteiger partial charge in [-0.05, 0) is 104 Å². The molecule has 3 N–H and O–H groups in total. The van der Waals surface area contributed by atoms with E-state index in [0.717, 1.165) is 44.8 Å². The normalized spacial score (nSPS) is 19.6. The van der Waals surface area contributed by atoms with E-state index in [9.17, 15) is 26.8 Å². The zero-order valence-electron chi connectivity index (χ0n) is 31.8. The minimum absolute atomic E-state index is 0. The molecule has 3 aliphatic heterocycles. The zero-order chi connectivity index (χ0) is 41.0. The van der Waals surface area contributed by atoms with Gasteiger partial charge in [0.25, 0.3) is 0 Å². The van der Waals surface area contributed by atoms with E-state index in [2.05, 4.69) is 14.6 Å². The number of rotatable bonds is 17. The number of methoxy groups -OCH3 is 1. The predicted molar refractivity (Wildman–Crippen MR) is 210 cm³/mol. The molecule has 4 heterocycles. The Balaban J connectivity index is 0.00000585. The van der Waals surface area contributed by atoms with Crippen LogP contribution >= 0.6 is 23.2 Å². The van der Waals surface area contributed by atoms with Gasteiger partial charge in [0.1, 0.15) is 34.0 Å². The van der Waals surface area contributed by atoms with Crippen molar-refractivity contribution in [3.8, 4) is 17.2 Å². The summed E-state index contributed by atoms with van der Waals surface area (Å²) in [5.74, 6) is -0.978. The van der Waals surface area contributed by atoms with Crippen LogP contribution in [0.5, 0.6) is 17.2 Å². The third-order valence-corrected chi connectivity index (χ3v) is 12.6. The molecule has 18 heteroatoms. The van der Waals surface area contributed by atoms with Crippen molar-refractivity contribution in [2.24, 2.45) is 11.8 Å². The van der Waals surface area contributed by atoms with Crippen LogP contribution in [0.2, 0.25) is 10.0 Å². The van der Waals surface area contributed by atoms with Crippen LogP contribution in [0.25, 0.3) is 0 Å². The van der Waals surface area contributed by atoms with Crippen LogP contribution in [-0.2, 0) is 30.7 Å². The molecule has 2 bridgehead atoms. The van der Waals surface area contributed by atoms with E-state index in [-0.39, 0.29) is 68.4 Å². The number of carbonyl (C=O) groups is 2. The van der Waals surface area contributed by atoms with Crippen LogP contribution in [0.1, 0.15) is 64.9 Å². The average Bonchev–Trinajstić information content (AvgIpc) is 4.05. The van der Waals surface area contributed by atoms with Gasteiger partial charge in [0.15, 0.2) is 23.9 Å². The second-order valence-corrected chi connectivity index (χ2v) is 17.1. The van der Waals surface area contributed by atoms with Crippen molar-refractivity contribution in [1.82, 2.24) is 9.62 Å². The quantitative estimate of drug-likeness (QED) is 0.110. The standard InChI is InChI=1S/C41H41Cl2F2N3O9S.H2O/c1-53-29-6-2-4-27(16-29)38(40(50)56-37-22-48-14-12-25(37)13-15-48)47-58(51,52)30-7-3-5-28(17-30)39(49)55-35(19-31-32(42)20-46-21-33(31)43)26-10-11-34(57-41(44)45)36(18-26)54-23-24-8-9-24;/h2-7,10-11,16-18,20-21,24-25,35,37-38,41,47H,8-9,12-15,19,22-23H2,1H3;1H2/t35-,37-,38?;/m0./s1. The number of hydrogen-bond donors (Lipinski definition) is 1. The van der Waals surface area contributed by atoms with Gasteiger partial charge in [-0.15, -0.1) is 0 Å². The summed E-state index contributed by atoms with van der Waals surface area (Å²) in [6, 6.07) is 14.4. The maximum Gasteiger partial charge on any atom is 0.387 e. The van der Waals surface area contributed by atoms with Crippen molar-refractivity contribution in [2.75, 3.05) is 33.4 Å². The van der Waals surface area contributed by atoms with Gasteiger partial charge in [0.2, 0.25) is 10.0 Å². The number of pyridine rings is 1. The average molecular weight is 879 g/mol. The first-order valence-corrected chi connectivity index (χ1v) is 21.1. The number of piperidine rings is 3. The van der Waals surface area contributed by atoms with Gasteiger partial charge in [-0.3, -0.25) is 4.90 Å². The summed E-state index contributed by atoms with van der Waals surface area (Å²) in [7, 11) is -3.03. The highest BCUT2D eigenvalue weighted by Crippen LogP contribution is 2.38. The van der Waals surface area contributed by atoms with E-state index in [1.165, 1.54) is 55.9 Å². The largest absolute Gasteiger partial charge is 0.870 e. The predicted octanol–water partition coefficient (Wildman–Crippen LogP) is 6.83. The SMILES string of the molecule is COc1cccc(C(NS(=O)(=O)c2cccc(C(=O)O[C@@H](Cc3c(Cl)c[nH+]cc3Cl)c3ccc(OC(F)F)c(OCC4CC4)c3)c2)C(=O)O[C@H]2CN3CCC2CC3)c1.[OH-]. The summed E-state index contributed by atoms with van der Waals surface area (Å²) in [6.07, 6.45) is 5.10. The van der Waals surface area contributed by atoms with Crippen molar-refractivity contribution >= 4 is 45.2 Å². The number of fused-ring (bicyclic) bond motifs is 3. The summed E-state index contributed by atoms with van der Waals surface area (Å²) < 4.78 is 85.2. The molecule has 1 aliphatic carbocycles. The smallest absolute Gasteiger partial charge is 0.387 e. The summed E-state index contributed by atoms with van der Waals surface area (Å²) in [5, 5.41) is 0.487. The van der Waals surface area contributed by atoms with E-state index in [4.69, 9.17) is 46.9 Å². The molecule has 13 nitrogen and oxygen atoms in total. The fraction of sp³-hybridized carbons (Fsp3) is 0.390. The summed E-state index contributed by atoms with van der Waals surface area (Å²) in [6.45, 7) is -0.404. The van der Waals surface area contributed by atoms with Gasteiger partial charge in [-0.25, -0.2) is 23.0 Å². The Morgan fingerprint density at radius 3 is 2.32 bits per heavy atom. The van der Waals surface area contributed by atoms with E-state index in [1.54, 1.807) is 24.3 Å². The number of sulfonamides is 1. The molecule has 0 amide bonds. The molecule has 3 saturated heterocycles. The van der Waals surface area contributed by atoms with Crippen LogP contribution < -0.4 is 23.9 Å². The van der Waals surface area contributed by atoms with Crippen molar-refractivity contribution in [1.29, 1.82) is 0 Å². The number of halogens is 4. The molecule has 4 aromatic rings. The lowest BCUT2D eigenvalue weighted by Gasteiger charge is -2.44. The number of nitrogens with one attached hydrogen (secondary N) is 2. The Kier molecular flexibility index (Phi) is 14.3. The van der Waals surface area contributed by atoms with Crippen LogP contribution in [0.15, 0.2) is 84.0 Å². The van der Waals surface area contributed by atoms with Crippen LogP contribution in [0.4, 0.5) is 8.78 Å². The fourth-order valence-electron chi connectivity index (χ4n) is 7.15. The highest BCUT2D eigenvalue weighted by Gasteiger charge is 2.39. The minimum atomic E-state index is -4.49. The molecule has 316 valence electrons. The lowest BCUT2D eigenvalue weighted by molar-refractivity contribution is -0.377. The van der Waals surface area contributed by atoms with Gasteiger partial charge in [0.05, 0.1) is 24.2 Å². The molecule has 0 radical (unpaired) electrons. The topological polar surface area (TPSA) is 174 Å². The van der Waals surface area contributed by atoms with Crippen molar-refractivity contribution < 1.29 is 60.9 Å². The number of carbonyl (C=O) groups excluding carboxylic acids is 2. The van der Waals surface area contributed by atoms with E-state index in [1.807, 2.05) is 0 Å². The molecule has 8 rings (SSSR count). The van der Waals surface area contributed by atoms with Crippen molar-refractivity contribution in [3.05, 3.63) is 111 Å². The van der Waals surface area contributed by atoms with E-state index >= 15 is 0 Å².